The van der Waals surface area contributed by atoms with Crippen LogP contribution >= 0.6 is 27.5 Å². The maximum atomic E-state index is 11.6. The Morgan fingerprint density at radius 3 is 3.00 bits per heavy atom. The van der Waals surface area contributed by atoms with Crippen LogP contribution in [0.25, 0.3) is 0 Å². The van der Waals surface area contributed by atoms with Crippen LogP contribution in [0.4, 0.5) is 5.69 Å². The fraction of sp³-hybridized carbons (Fsp3) is 0.333. The number of aryl methyl sites for hydroxylation is 1. The summed E-state index contributed by atoms with van der Waals surface area (Å²) in [6.07, 6.45) is 1.58. The lowest BCUT2D eigenvalue weighted by Gasteiger charge is -2.08. The van der Waals surface area contributed by atoms with Crippen LogP contribution in [0.5, 0.6) is 0 Å². The van der Waals surface area contributed by atoms with Gasteiger partial charge in [-0.1, -0.05) is 18.2 Å². The minimum absolute atomic E-state index is 0.164. The van der Waals surface area contributed by atoms with Crippen LogP contribution in [0.15, 0.2) is 27.1 Å². The van der Waals surface area contributed by atoms with E-state index in [9.17, 15) is 4.79 Å². The van der Waals surface area contributed by atoms with E-state index >= 15 is 0 Å². The first-order chi connectivity index (χ1) is 7.06. The Morgan fingerprint density at radius 1 is 1.80 bits per heavy atom. The summed E-state index contributed by atoms with van der Waals surface area (Å²) >= 11 is 8.82. The summed E-state index contributed by atoms with van der Waals surface area (Å²) in [6, 6.07) is 0. The standard InChI is InChI=1S/C9H11BrClN3O/c1-3-14-9(15)8(10)7(5-13-14)12-4-6(2)11/h5,12H,2-4H2,1H3. The Hall–Kier alpha value is -0.810. The summed E-state index contributed by atoms with van der Waals surface area (Å²) in [5, 5.41) is 7.40. The molecule has 0 aliphatic heterocycles. The van der Waals surface area contributed by atoms with E-state index < -0.39 is 0 Å². The van der Waals surface area contributed by atoms with Crippen molar-refractivity contribution in [3.8, 4) is 0 Å². The molecule has 4 nitrogen and oxygen atoms in total. The maximum absolute atomic E-state index is 11.6. The van der Waals surface area contributed by atoms with Gasteiger partial charge in [0.1, 0.15) is 4.47 Å². The van der Waals surface area contributed by atoms with Crippen molar-refractivity contribution in [1.29, 1.82) is 0 Å². The van der Waals surface area contributed by atoms with Crippen molar-refractivity contribution in [3.63, 3.8) is 0 Å². The number of anilines is 1. The van der Waals surface area contributed by atoms with E-state index in [1.165, 1.54) is 4.68 Å². The molecule has 1 aromatic rings. The highest BCUT2D eigenvalue weighted by Crippen LogP contribution is 2.16. The third-order valence-electron chi connectivity index (χ3n) is 1.76. The van der Waals surface area contributed by atoms with Gasteiger partial charge in [-0.2, -0.15) is 5.10 Å². The first-order valence-corrected chi connectivity index (χ1v) is 5.56. The van der Waals surface area contributed by atoms with Gasteiger partial charge in [0.05, 0.1) is 18.4 Å². The van der Waals surface area contributed by atoms with Crippen molar-refractivity contribution in [2.45, 2.75) is 13.5 Å². The molecule has 0 saturated heterocycles. The minimum atomic E-state index is -0.164. The normalized spacial score (nSPS) is 10.1. The third kappa shape index (κ3) is 3.07. The number of halogens is 2. The van der Waals surface area contributed by atoms with Gasteiger partial charge in [0.25, 0.3) is 5.56 Å². The lowest BCUT2D eigenvalue weighted by molar-refractivity contribution is 0.613. The maximum Gasteiger partial charge on any atom is 0.283 e. The van der Waals surface area contributed by atoms with Crippen LogP contribution in [-0.2, 0) is 6.54 Å². The van der Waals surface area contributed by atoms with Crippen molar-refractivity contribution < 1.29 is 0 Å². The van der Waals surface area contributed by atoms with E-state index in [1.807, 2.05) is 6.92 Å². The molecule has 82 valence electrons. The van der Waals surface area contributed by atoms with Gasteiger partial charge in [-0.25, -0.2) is 4.68 Å². The number of hydrogen-bond acceptors (Lipinski definition) is 3. The Balaban J connectivity index is 2.97. The van der Waals surface area contributed by atoms with Crippen molar-refractivity contribution >= 4 is 33.2 Å². The largest absolute Gasteiger partial charge is 0.378 e. The molecule has 0 atom stereocenters. The molecule has 0 radical (unpaired) electrons. The molecule has 0 unspecified atom stereocenters. The Morgan fingerprint density at radius 2 is 2.47 bits per heavy atom. The van der Waals surface area contributed by atoms with Gasteiger partial charge in [0, 0.05) is 11.6 Å². The number of rotatable bonds is 4. The Labute approximate surface area is 101 Å². The average molecular weight is 293 g/mol. The van der Waals surface area contributed by atoms with E-state index in [-0.39, 0.29) is 5.56 Å². The van der Waals surface area contributed by atoms with Gasteiger partial charge in [0.15, 0.2) is 0 Å². The van der Waals surface area contributed by atoms with Gasteiger partial charge >= 0.3 is 0 Å². The molecule has 0 saturated carbocycles. The summed E-state index contributed by atoms with van der Waals surface area (Å²) in [7, 11) is 0. The third-order valence-corrected chi connectivity index (χ3v) is 2.66. The summed E-state index contributed by atoms with van der Waals surface area (Å²) < 4.78 is 1.82. The zero-order valence-electron chi connectivity index (χ0n) is 8.26. The van der Waals surface area contributed by atoms with Crippen LogP contribution in [0.2, 0.25) is 0 Å². The molecule has 0 aliphatic carbocycles. The lowest BCUT2D eigenvalue weighted by Crippen LogP contribution is -2.23. The second-order valence-electron chi connectivity index (χ2n) is 2.86. The van der Waals surface area contributed by atoms with Crippen LogP contribution < -0.4 is 10.9 Å². The highest BCUT2D eigenvalue weighted by molar-refractivity contribution is 9.10. The van der Waals surface area contributed by atoms with Gasteiger partial charge < -0.3 is 5.32 Å². The van der Waals surface area contributed by atoms with Crippen molar-refractivity contribution in [3.05, 3.63) is 32.6 Å². The molecule has 6 heteroatoms. The molecular weight excluding hydrogens is 281 g/mol. The Kier molecular flexibility index (Phi) is 4.35. The molecule has 0 aromatic carbocycles. The molecular formula is C9H11BrClN3O. The first kappa shape index (κ1) is 12.3. The van der Waals surface area contributed by atoms with Crippen LogP contribution in [-0.4, -0.2) is 16.3 Å². The molecule has 0 fully saturated rings. The van der Waals surface area contributed by atoms with E-state index in [0.29, 0.717) is 28.3 Å². The Bertz CT molecular complexity index is 430. The van der Waals surface area contributed by atoms with E-state index in [2.05, 4.69) is 32.9 Å². The van der Waals surface area contributed by atoms with Gasteiger partial charge in [0.2, 0.25) is 0 Å². The van der Waals surface area contributed by atoms with Gasteiger partial charge in [-0.05, 0) is 22.9 Å². The fourth-order valence-electron chi connectivity index (χ4n) is 1.00. The predicted molar refractivity (Wildman–Crippen MR) is 65.4 cm³/mol. The predicted octanol–water partition coefficient (Wildman–Crippen LogP) is 2.19. The van der Waals surface area contributed by atoms with Crippen LogP contribution in [0.1, 0.15) is 6.92 Å². The number of nitrogens with one attached hydrogen (secondary N) is 1. The van der Waals surface area contributed by atoms with Crippen LogP contribution in [0.3, 0.4) is 0 Å². The monoisotopic (exact) mass is 291 g/mol. The van der Waals surface area contributed by atoms with Crippen molar-refractivity contribution in [2.75, 3.05) is 11.9 Å². The summed E-state index contributed by atoms with van der Waals surface area (Å²) in [5.74, 6) is 0. The molecule has 0 bridgehead atoms. The topological polar surface area (TPSA) is 46.9 Å². The smallest absolute Gasteiger partial charge is 0.283 e. The second-order valence-corrected chi connectivity index (χ2v) is 4.19. The SMILES string of the molecule is C=C(Cl)CNc1cnn(CC)c(=O)c1Br. The highest BCUT2D eigenvalue weighted by atomic mass is 79.9. The van der Waals surface area contributed by atoms with Crippen LogP contribution in [0, 0.1) is 0 Å². The molecule has 1 aromatic heterocycles. The zero-order valence-corrected chi connectivity index (χ0v) is 10.6. The number of aromatic nitrogens is 2. The molecule has 1 heterocycles. The molecule has 1 N–H and O–H groups in total. The minimum Gasteiger partial charge on any atom is -0.378 e. The second kappa shape index (κ2) is 5.32. The molecule has 0 amide bonds. The fourth-order valence-corrected chi connectivity index (χ4v) is 1.52. The van der Waals surface area contributed by atoms with E-state index in [4.69, 9.17) is 11.6 Å². The zero-order chi connectivity index (χ0) is 11.4. The molecule has 0 spiro atoms. The van der Waals surface area contributed by atoms with E-state index in [0.717, 1.165) is 0 Å². The molecule has 15 heavy (non-hydrogen) atoms. The summed E-state index contributed by atoms with van der Waals surface area (Å²) in [4.78, 5) is 11.6. The molecule has 0 aliphatic rings. The first-order valence-electron chi connectivity index (χ1n) is 4.39. The summed E-state index contributed by atoms with van der Waals surface area (Å²) in [5.41, 5.74) is 0.453. The van der Waals surface area contributed by atoms with Crippen molar-refractivity contribution in [2.24, 2.45) is 0 Å². The van der Waals surface area contributed by atoms with Gasteiger partial charge in [-0.15, -0.1) is 0 Å². The lowest BCUT2D eigenvalue weighted by atomic mass is 10.4. The number of hydrogen-bond donors (Lipinski definition) is 1. The highest BCUT2D eigenvalue weighted by Gasteiger charge is 2.07. The van der Waals surface area contributed by atoms with Crippen molar-refractivity contribution in [1.82, 2.24) is 9.78 Å². The van der Waals surface area contributed by atoms with Gasteiger partial charge in [-0.3, -0.25) is 4.79 Å². The summed E-state index contributed by atoms with van der Waals surface area (Å²) in [6.45, 7) is 6.34. The quantitative estimate of drug-likeness (QED) is 0.925. The van der Waals surface area contributed by atoms with E-state index in [1.54, 1.807) is 6.20 Å². The average Bonchev–Trinajstić information content (AvgIpc) is 2.20. The number of nitrogens with zero attached hydrogens (tertiary/aromatic N) is 2. The molecule has 1 rings (SSSR count).